The van der Waals surface area contributed by atoms with E-state index in [1.807, 2.05) is 9.80 Å². The monoisotopic (exact) mass is 295 g/mol. The second-order valence-electron chi connectivity index (χ2n) is 6.66. The van der Waals surface area contributed by atoms with Crippen LogP contribution in [0.3, 0.4) is 0 Å². The number of carboxylic acids is 1. The van der Waals surface area contributed by atoms with Crippen LogP contribution in [0.5, 0.6) is 0 Å². The maximum atomic E-state index is 12.8. The molecule has 2 bridgehead atoms. The molecule has 3 aliphatic heterocycles. The van der Waals surface area contributed by atoms with Crippen LogP contribution in [0.25, 0.3) is 0 Å². The van der Waals surface area contributed by atoms with Crippen LogP contribution in [0.15, 0.2) is 0 Å². The molecule has 0 radical (unpaired) electrons. The lowest BCUT2D eigenvalue weighted by molar-refractivity contribution is -0.142. The molecular formula is C15H25N3O3. The van der Waals surface area contributed by atoms with Crippen molar-refractivity contribution in [3.63, 3.8) is 0 Å². The molecule has 3 saturated heterocycles. The number of nitrogens with zero attached hydrogens (tertiary/aromatic N) is 3. The topological polar surface area (TPSA) is 64.1 Å². The van der Waals surface area contributed by atoms with E-state index in [0.29, 0.717) is 12.5 Å². The van der Waals surface area contributed by atoms with Crippen LogP contribution in [0.2, 0.25) is 0 Å². The van der Waals surface area contributed by atoms with Crippen molar-refractivity contribution in [1.82, 2.24) is 14.7 Å². The second-order valence-corrected chi connectivity index (χ2v) is 6.66. The third-order valence-electron chi connectivity index (χ3n) is 5.59. The molecule has 21 heavy (non-hydrogen) atoms. The maximum Gasteiger partial charge on any atom is 0.320 e. The molecule has 3 aliphatic rings. The van der Waals surface area contributed by atoms with Gasteiger partial charge in [-0.1, -0.05) is 6.92 Å². The molecule has 0 aliphatic carbocycles. The molecular weight excluding hydrogens is 270 g/mol. The fourth-order valence-corrected chi connectivity index (χ4v) is 4.28. The Bertz CT molecular complexity index is 442. The first-order valence-electron chi connectivity index (χ1n) is 8.03. The van der Waals surface area contributed by atoms with E-state index in [9.17, 15) is 14.7 Å². The Morgan fingerprint density at radius 1 is 1.24 bits per heavy atom. The summed E-state index contributed by atoms with van der Waals surface area (Å²) in [6.45, 7) is 4.56. The van der Waals surface area contributed by atoms with Crippen molar-refractivity contribution < 1.29 is 14.7 Å². The van der Waals surface area contributed by atoms with E-state index in [2.05, 4.69) is 18.9 Å². The minimum absolute atomic E-state index is 0.0674. The number of carbonyl (C=O) groups is 2. The molecule has 3 fully saturated rings. The van der Waals surface area contributed by atoms with Gasteiger partial charge in [-0.15, -0.1) is 0 Å². The van der Waals surface area contributed by atoms with E-state index >= 15 is 0 Å². The third-order valence-corrected chi connectivity index (χ3v) is 5.59. The van der Waals surface area contributed by atoms with Crippen LogP contribution in [0.1, 0.15) is 32.6 Å². The first-order chi connectivity index (χ1) is 10.0. The number of urea groups is 1. The maximum absolute atomic E-state index is 12.8. The first-order valence-corrected chi connectivity index (χ1v) is 8.03. The summed E-state index contributed by atoms with van der Waals surface area (Å²) in [7, 11) is 2.11. The highest BCUT2D eigenvalue weighted by Crippen LogP contribution is 2.42. The smallest absolute Gasteiger partial charge is 0.320 e. The van der Waals surface area contributed by atoms with Crippen molar-refractivity contribution in [2.75, 3.05) is 26.7 Å². The molecule has 4 unspecified atom stereocenters. The Kier molecular flexibility index (Phi) is 3.82. The van der Waals surface area contributed by atoms with Gasteiger partial charge in [0.2, 0.25) is 0 Å². The Hall–Kier alpha value is -1.30. The number of carboxylic acid groups (broad SMARTS) is 1. The lowest BCUT2D eigenvalue weighted by atomic mass is 9.89. The van der Waals surface area contributed by atoms with Crippen molar-refractivity contribution in [2.45, 2.75) is 50.7 Å². The number of likely N-dealkylation sites (N-methyl/N-ethyl adjacent to an activating group) is 1. The van der Waals surface area contributed by atoms with Gasteiger partial charge in [0.25, 0.3) is 0 Å². The van der Waals surface area contributed by atoms with Crippen LogP contribution in [-0.4, -0.2) is 76.6 Å². The number of fused-ring (bicyclic) bond motifs is 2. The molecule has 3 heterocycles. The van der Waals surface area contributed by atoms with Gasteiger partial charge in [-0.05, 0) is 32.7 Å². The highest BCUT2D eigenvalue weighted by atomic mass is 16.4. The van der Waals surface area contributed by atoms with Crippen molar-refractivity contribution in [1.29, 1.82) is 0 Å². The number of hydrogen-bond donors (Lipinski definition) is 1. The summed E-state index contributed by atoms with van der Waals surface area (Å²) in [6, 6.07) is 0.541. The van der Waals surface area contributed by atoms with Gasteiger partial charge in [-0.2, -0.15) is 0 Å². The highest BCUT2D eigenvalue weighted by molar-refractivity contribution is 5.79. The number of piperazine rings is 1. The summed E-state index contributed by atoms with van der Waals surface area (Å²) in [5.41, 5.74) is 0. The van der Waals surface area contributed by atoms with Crippen molar-refractivity contribution in [3.05, 3.63) is 0 Å². The van der Waals surface area contributed by atoms with Gasteiger partial charge in [-0.3, -0.25) is 9.69 Å². The van der Waals surface area contributed by atoms with E-state index < -0.39 is 5.97 Å². The Morgan fingerprint density at radius 3 is 2.62 bits per heavy atom. The molecule has 0 aromatic carbocycles. The van der Waals surface area contributed by atoms with Crippen molar-refractivity contribution in [3.8, 4) is 0 Å². The summed E-state index contributed by atoms with van der Waals surface area (Å²) < 4.78 is 0. The van der Waals surface area contributed by atoms with Crippen LogP contribution in [0, 0.1) is 5.92 Å². The van der Waals surface area contributed by atoms with Gasteiger partial charge in [0.05, 0.1) is 5.92 Å². The van der Waals surface area contributed by atoms with E-state index in [0.717, 1.165) is 38.9 Å². The van der Waals surface area contributed by atoms with Gasteiger partial charge in [0.1, 0.15) is 0 Å². The number of amides is 2. The predicted octanol–water partition coefficient (Wildman–Crippen LogP) is 1.07. The van der Waals surface area contributed by atoms with Crippen molar-refractivity contribution >= 4 is 12.0 Å². The Balaban J connectivity index is 1.70. The van der Waals surface area contributed by atoms with E-state index in [-0.39, 0.29) is 24.0 Å². The molecule has 6 heteroatoms. The normalized spacial score (nSPS) is 36.3. The number of hydrogen-bond acceptors (Lipinski definition) is 3. The largest absolute Gasteiger partial charge is 0.481 e. The molecule has 0 aromatic heterocycles. The SMILES string of the molecule is CCC1CN(C(=O)N2C3CCC2C(C(=O)O)C3)CCN1C. The van der Waals surface area contributed by atoms with Crippen LogP contribution in [0.4, 0.5) is 4.79 Å². The summed E-state index contributed by atoms with van der Waals surface area (Å²) >= 11 is 0. The summed E-state index contributed by atoms with van der Waals surface area (Å²) in [6.07, 6.45) is 3.48. The quantitative estimate of drug-likeness (QED) is 0.827. The molecule has 118 valence electrons. The van der Waals surface area contributed by atoms with E-state index in [1.54, 1.807) is 0 Å². The van der Waals surface area contributed by atoms with Crippen LogP contribution in [-0.2, 0) is 4.79 Å². The lowest BCUT2D eigenvalue weighted by Crippen LogP contribution is -2.57. The average molecular weight is 295 g/mol. The molecule has 1 N–H and O–H groups in total. The number of aliphatic carboxylic acids is 1. The summed E-state index contributed by atoms with van der Waals surface area (Å²) in [5.74, 6) is -1.10. The zero-order chi connectivity index (χ0) is 15.1. The summed E-state index contributed by atoms with van der Waals surface area (Å²) in [4.78, 5) is 30.3. The second kappa shape index (κ2) is 5.48. The highest BCUT2D eigenvalue weighted by Gasteiger charge is 2.52. The Morgan fingerprint density at radius 2 is 2.00 bits per heavy atom. The van der Waals surface area contributed by atoms with E-state index in [4.69, 9.17) is 0 Å². The predicted molar refractivity (Wildman–Crippen MR) is 78.1 cm³/mol. The molecule has 0 saturated carbocycles. The molecule has 0 spiro atoms. The van der Waals surface area contributed by atoms with Gasteiger partial charge in [0.15, 0.2) is 0 Å². The van der Waals surface area contributed by atoms with E-state index in [1.165, 1.54) is 0 Å². The fourth-order valence-electron chi connectivity index (χ4n) is 4.28. The van der Waals surface area contributed by atoms with Gasteiger partial charge < -0.3 is 14.9 Å². The van der Waals surface area contributed by atoms with Crippen LogP contribution >= 0.6 is 0 Å². The molecule has 2 amide bonds. The number of carbonyl (C=O) groups excluding carboxylic acids is 1. The molecule has 4 atom stereocenters. The average Bonchev–Trinajstić information content (AvgIpc) is 3.04. The number of rotatable bonds is 2. The zero-order valence-electron chi connectivity index (χ0n) is 12.9. The molecule has 0 aromatic rings. The Labute approximate surface area is 125 Å². The van der Waals surface area contributed by atoms with Gasteiger partial charge >= 0.3 is 12.0 Å². The van der Waals surface area contributed by atoms with Crippen LogP contribution < -0.4 is 0 Å². The minimum Gasteiger partial charge on any atom is -0.481 e. The first kappa shape index (κ1) is 14.6. The van der Waals surface area contributed by atoms with Crippen molar-refractivity contribution in [2.24, 2.45) is 5.92 Å². The third kappa shape index (κ3) is 2.39. The fraction of sp³-hybridized carbons (Fsp3) is 0.867. The standard InChI is InChI=1S/C15H25N3O3/c1-3-10-9-17(7-6-16(10)2)15(21)18-11-4-5-13(18)12(8-11)14(19)20/h10-13H,3-9H2,1-2H3,(H,19,20). The zero-order valence-corrected chi connectivity index (χ0v) is 12.9. The molecule has 3 rings (SSSR count). The van der Waals surface area contributed by atoms with Gasteiger partial charge in [-0.25, -0.2) is 4.79 Å². The minimum atomic E-state index is -0.746. The lowest BCUT2D eigenvalue weighted by Gasteiger charge is -2.41. The molecule has 6 nitrogen and oxygen atoms in total. The summed E-state index contributed by atoms with van der Waals surface area (Å²) in [5, 5.41) is 9.30. The van der Waals surface area contributed by atoms with Gasteiger partial charge in [0, 0.05) is 37.8 Å².